The minimum atomic E-state index is -0.478. The first-order chi connectivity index (χ1) is 15.6. The molecule has 1 aromatic heterocycles. The van der Waals surface area contributed by atoms with E-state index in [9.17, 15) is 9.59 Å². The maximum absolute atomic E-state index is 13.8. The molecule has 0 bridgehead atoms. The molecule has 1 N–H and O–H groups in total. The zero-order valence-electron chi connectivity index (χ0n) is 17.9. The highest BCUT2D eigenvalue weighted by molar-refractivity contribution is 6.30. The Labute approximate surface area is 192 Å². The van der Waals surface area contributed by atoms with Crippen molar-refractivity contribution in [3.05, 3.63) is 70.4 Å². The molecule has 3 aromatic rings. The zero-order valence-corrected chi connectivity index (χ0v) is 18.6. The lowest BCUT2D eigenvalue weighted by Crippen LogP contribution is -2.65. The summed E-state index contributed by atoms with van der Waals surface area (Å²) in [7, 11) is 0. The largest absolute Gasteiger partial charge is 0.356 e. The normalized spacial score (nSPS) is 24.0. The second-order valence-corrected chi connectivity index (χ2v) is 9.74. The standard InChI is InChI=1S/C26H26ClN3O2/c27-17-8-6-7-16(13-17)25-24-20(19-11-4-5-12-21(19)28-24)14-22-26(32)29(15-23(31)30(22)25)18-9-2-1-3-10-18/h4-8,11-13,18,22,25,28H,1-3,9-10,14-15H2/t22-,25+/m0/s1. The van der Waals surface area contributed by atoms with Crippen LogP contribution in [0, 0.1) is 0 Å². The van der Waals surface area contributed by atoms with Gasteiger partial charge in [-0.15, -0.1) is 0 Å². The first-order valence-electron chi connectivity index (χ1n) is 11.6. The van der Waals surface area contributed by atoms with E-state index in [0.29, 0.717) is 11.4 Å². The predicted octanol–water partition coefficient (Wildman–Crippen LogP) is 4.84. The van der Waals surface area contributed by atoms with Gasteiger partial charge in [-0.1, -0.05) is 61.2 Å². The minimum Gasteiger partial charge on any atom is -0.356 e. The van der Waals surface area contributed by atoms with Crippen molar-refractivity contribution in [3.63, 3.8) is 0 Å². The van der Waals surface area contributed by atoms with Crippen LogP contribution in [0.2, 0.25) is 5.02 Å². The number of fused-ring (bicyclic) bond motifs is 4. The van der Waals surface area contributed by atoms with Crippen molar-refractivity contribution in [2.75, 3.05) is 6.54 Å². The Bertz CT molecular complexity index is 1210. The van der Waals surface area contributed by atoms with Gasteiger partial charge in [0.25, 0.3) is 0 Å². The third-order valence-corrected chi connectivity index (χ3v) is 7.71. The molecule has 2 aliphatic heterocycles. The smallest absolute Gasteiger partial charge is 0.246 e. The van der Waals surface area contributed by atoms with Crippen LogP contribution in [0.4, 0.5) is 0 Å². The number of H-pyrrole nitrogens is 1. The number of nitrogens with one attached hydrogen (secondary N) is 1. The third kappa shape index (κ3) is 3.06. The molecular weight excluding hydrogens is 422 g/mol. The molecule has 1 saturated carbocycles. The zero-order chi connectivity index (χ0) is 21.8. The molecule has 5 nitrogen and oxygen atoms in total. The Morgan fingerprint density at radius 2 is 1.78 bits per heavy atom. The number of amides is 2. The highest BCUT2D eigenvalue weighted by atomic mass is 35.5. The number of nitrogens with zero attached hydrogens (tertiary/aromatic N) is 2. The van der Waals surface area contributed by atoms with Gasteiger partial charge < -0.3 is 14.8 Å². The van der Waals surface area contributed by atoms with E-state index in [4.69, 9.17) is 11.6 Å². The minimum absolute atomic E-state index is 0.0226. The van der Waals surface area contributed by atoms with Crippen molar-refractivity contribution in [2.45, 2.75) is 56.7 Å². The second-order valence-electron chi connectivity index (χ2n) is 9.30. The van der Waals surface area contributed by atoms with E-state index in [1.54, 1.807) is 0 Å². The van der Waals surface area contributed by atoms with E-state index in [0.717, 1.165) is 53.4 Å². The van der Waals surface area contributed by atoms with Crippen molar-refractivity contribution in [1.82, 2.24) is 14.8 Å². The SMILES string of the molecule is O=C1[C@@H]2Cc3c([nH]c4ccccc34)[C@@H](c3cccc(Cl)c3)N2C(=O)CN1C1CCCCC1. The lowest BCUT2D eigenvalue weighted by Gasteiger charge is -2.49. The Kier molecular flexibility index (Phi) is 4.76. The average Bonchev–Trinajstić information content (AvgIpc) is 3.19. The summed E-state index contributed by atoms with van der Waals surface area (Å²) in [5.74, 6) is 0.119. The van der Waals surface area contributed by atoms with Crippen LogP contribution in [-0.4, -0.2) is 45.2 Å². The summed E-state index contributed by atoms with van der Waals surface area (Å²) in [6.45, 7) is 0.173. The molecule has 6 rings (SSSR count). The molecule has 32 heavy (non-hydrogen) atoms. The fourth-order valence-corrected chi connectivity index (χ4v) is 6.21. The monoisotopic (exact) mass is 447 g/mol. The highest BCUT2D eigenvalue weighted by Gasteiger charge is 2.49. The molecule has 1 aliphatic carbocycles. The molecule has 2 fully saturated rings. The fraction of sp³-hybridized carbons (Fsp3) is 0.385. The van der Waals surface area contributed by atoms with Crippen LogP contribution in [0.15, 0.2) is 48.5 Å². The quantitative estimate of drug-likeness (QED) is 0.611. The van der Waals surface area contributed by atoms with E-state index in [1.807, 2.05) is 46.2 Å². The molecule has 3 aliphatic rings. The maximum Gasteiger partial charge on any atom is 0.246 e. The van der Waals surface area contributed by atoms with Crippen LogP contribution in [0.5, 0.6) is 0 Å². The number of benzene rings is 2. The van der Waals surface area contributed by atoms with Crippen LogP contribution >= 0.6 is 11.6 Å². The van der Waals surface area contributed by atoms with Crippen molar-refractivity contribution in [2.24, 2.45) is 0 Å². The fourth-order valence-electron chi connectivity index (χ4n) is 6.01. The van der Waals surface area contributed by atoms with Crippen molar-refractivity contribution in [1.29, 1.82) is 0 Å². The Balaban J connectivity index is 1.49. The van der Waals surface area contributed by atoms with Crippen molar-refractivity contribution >= 4 is 34.3 Å². The van der Waals surface area contributed by atoms with E-state index >= 15 is 0 Å². The first kappa shape index (κ1) is 19.9. The first-order valence-corrected chi connectivity index (χ1v) is 12.0. The Hall–Kier alpha value is -2.79. The summed E-state index contributed by atoms with van der Waals surface area (Å²) in [5.41, 5.74) is 4.10. The number of carbonyl (C=O) groups excluding carboxylic acids is 2. The van der Waals surface area contributed by atoms with Gasteiger partial charge in [0, 0.05) is 34.1 Å². The van der Waals surface area contributed by atoms with Gasteiger partial charge in [-0.2, -0.15) is 0 Å². The second kappa shape index (κ2) is 7.66. The molecule has 3 heterocycles. The summed E-state index contributed by atoms with van der Waals surface area (Å²) in [4.78, 5) is 34.7. The average molecular weight is 448 g/mol. The number of carbonyl (C=O) groups is 2. The van der Waals surface area contributed by atoms with Gasteiger partial charge in [0.15, 0.2) is 0 Å². The van der Waals surface area contributed by atoms with Crippen LogP contribution < -0.4 is 0 Å². The summed E-state index contributed by atoms with van der Waals surface area (Å²) >= 11 is 6.35. The topological polar surface area (TPSA) is 56.4 Å². The molecule has 0 radical (unpaired) electrons. The molecule has 2 aromatic carbocycles. The summed E-state index contributed by atoms with van der Waals surface area (Å²) < 4.78 is 0. The number of hydrogen-bond acceptors (Lipinski definition) is 2. The number of aromatic amines is 1. The van der Waals surface area contributed by atoms with Gasteiger partial charge >= 0.3 is 0 Å². The molecule has 6 heteroatoms. The Morgan fingerprint density at radius 1 is 0.969 bits per heavy atom. The molecular formula is C26H26ClN3O2. The number of piperazine rings is 1. The number of rotatable bonds is 2. The summed E-state index contributed by atoms with van der Waals surface area (Å²) in [6.07, 6.45) is 6.04. The van der Waals surface area contributed by atoms with Gasteiger partial charge in [-0.3, -0.25) is 9.59 Å². The van der Waals surface area contributed by atoms with Gasteiger partial charge in [0.1, 0.15) is 12.6 Å². The summed E-state index contributed by atoms with van der Waals surface area (Å²) in [5, 5.41) is 1.76. The van der Waals surface area contributed by atoms with Gasteiger partial charge in [-0.25, -0.2) is 0 Å². The van der Waals surface area contributed by atoms with Gasteiger partial charge in [0.05, 0.1) is 6.04 Å². The maximum atomic E-state index is 13.8. The van der Waals surface area contributed by atoms with Crippen LogP contribution in [-0.2, 0) is 16.0 Å². The highest BCUT2D eigenvalue weighted by Crippen LogP contribution is 2.43. The van der Waals surface area contributed by atoms with Gasteiger partial charge in [-0.05, 0) is 42.2 Å². The van der Waals surface area contributed by atoms with Gasteiger partial charge in [0.2, 0.25) is 11.8 Å². The van der Waals surface area contributed by atoms with Crippen LogP contribution in [0.1, 0.15) is 55.0 Å². The number of halogens is 1. The van der Waals surface area contributed by atoms with E-state index in [-0.39, 0.29) is 30.4 Å². The van der Waals surface area contributed by atoms with E-state index in [1.165, 1.54) is 6.42 Å². The number of hydrogen-bond donors (Lipinski definition) is 1. The van der Waals surface area contributed by atoms with E-state index in [2.05, 4.69) is 17.1 Å². The lowest BCUT2D eigenvalue weighted by molar-refractivity contribution is -0.161. The molecule has 2 atom stereocenters. The summed E-state index contributed by atoms with van der Waals surface area (Å²) in [6, 6.07) is 15.2. The predicted molar refractivity (Wildman–Crippen MR) is 125 cm³/mol. The van der Waals surface area contributed by atoms with Crippen molar-refractivity contribution < 1.29 is 9.59 Å². The van der Waals surface area contributed by atoms with E-state index < -0.39 is 6.04 Å². The van der Waals surface area contributed by atoms with Crippen LogP contribution in [0.3, 0.4) is 0 Å². The van der Waals surface area contributed by atoms with Crippen LogP contribution in [0.25, 0.3) is 10.9 Å². The molecule has 164 valence electrons. The van der Waals surface area contributed by atoms with Crippen molar-refractivity contribution in [3.8, 4) is 0 Å². The molecule has 2 amide bonds. The molecule has 1 saturated heterocycles. The third-order valence-electron chi connectivity index (χ3n) is 7.47. The molecule has 0 spiro atoms. The molecule has 0 unspecified atom stereocenters. The number of para-hydroxylation sites is 1. The Morgan fingerprint density at radius 3 is 2.59 bits per heavy atom. The number of aromatic nitrogens is 1. The lowest BCUT2D eigenvalue weighted by atomic mass is 9.85.